The van der Waals surface area contributed by atoms with Crippen molar-refractivity contribution in [2.45, 2.75) is 13.3 Å². The molecule has 1 amide bonds. The van der Waals surface area contributed by atoms with E-state index in [1.54, 1.807) is 12.3 Å². The number of carbonyl (C=O) groups excluding carboxylic acids is 1. The van der Waals surface area contributed by atoms with Gasteiger partial charge in [-0.15, -0.1) is 0 Å². The molecule has 0 aliphatic carbocycles. The fourth-order valence-electron chi connectivity index (χ4n) is 3.60. The van der Waals surface area contributed by atoms with Crippen LogP contribution in [0.15, 0.2) is 62.4 Å². The van der Waals surface area contributed by atoms with Gasteiger partial charge in [0.25, 0.3) is 0 Å². The van der Waals surface area contributed by atoms with Gasteiger partial charge in [-0.1, -0.05) is 30.3 Å². The Labute approximate surface area is 174 Å². The number of carbonyl (C=O) groups is 1. The third-order valence-corrected chi connectivity index (χ3v) is 5.28. The Morgan fingerprint density at radius 1 is 1.07 bits per heavy atom. The lowest BCUT2D eigenvalue weighted by molar-refractivity contribution is -0.120. The quantitative estimate of drug-likeness (QED) is 0.496. The Bertz CT molecular complexity index is 1270. The summed E-state index contributed by atoms with van der Waals surface area (Å²) in [5.41, 5.74) is 3.78. The minimum atomic E-state index is -0.489. The Morgan fingerprint density at radius 2 is 1.83 bits per heavy atom. The van der Waals surface area contributed by atoms with Crippen molar-refractivity contribution in [3.8, 4) is 11.1 Å². The average molecular weight is 404 g/mol. The van der Waals surface area contributed by atoms with E-state index in [0.29, 0.717) is 23.3 Å². The van der Waals surface area contributed by atoms with E-state index in [-0.39, 0.29) is 12.3 Å². The van der Waals surface area contributed by atoms with Crippen molar-refractivity contribution >= 4 is 27.8 Å². The predicted molar refractivity (Wildman–Crippen MR) is 118 cm³/mol. The molecule has 0 unspecified atom stereocenters. The van der Waals surface area contributed by atoms with Crippen molar-refractivity contribution in [3.63, 3.8) is 0 Å². The summed E-state index contributed by atoms with van der Waals surface area (Å²) in [5.74, 6) is -0.194. The second kappa shape index (κ2) is 8.16. The predicted octanol–water partition coefficient (Wildman–Crippen LogP) is 3.73. The zero-order chi connectivity index (χ0) is 21.3. The summed E-state index contributed by atoms with van der Waals surface area (Å²) < 4.78 is 11.3. The molecule has 2 heterocycles. The lowest BCUT2D eigenvalue weighted by Crippen LogP contribution is -2.33. The van der Waals surface area contributed by atoms with Crippen LogP contribution in [0.4, 0.5) is 0 Å². The number of aryl methyl sites for hydroxylation is 1. The molecule has 2 aromatic heterocycles. The van der Waals surface area contributed by atoms with Gasteiger partial charge in [0.05, 0.1) is 18.2 Å². The van der Waals surface area contributed by atoms with Crippen LogP contribution in [0.1, 0.15) is 11.1 Å². The van der Waals surface area contributed by atoms with E-state index in [4.69, 9.17) is 8.83 Å². The Hall–Kier alpha value is -3.38. The third kappa shape index (κ3) is 3.86. The summed E-state index contributed by atoms with van der Waals surface area (Å²) in [5, 5.41) is 4.58. The number of rotatable bonds is 6. The smallest absolute Gasteiger partial charge is 0.340 e. The summed E-state index contributed by atoms with van der Waals surface area (Å²) >= 11 is 0. The summed E-state index contributed by atoms with van der Waals surface area (Å²) in [6.07, 6.45) is 1.71. The zero-order valence-electron chi connectivity index (χ0n) is 17.3. The van der Waals surface area contributed by atoms with E-state index in [2.05, 4.69) is 5.32 Å². The molecule has 6 nitrogen and oxygen atoms in total. The number of nitrogens with zero attached hydrogens (tertiary/aromatic N) is 1. The molecule has 6 heteroatoms. The standard InChI is InChI=1S/C24H24N2O4/c1-15-17-11-19-20(16-7-5-4-6-8-16)14-29-21(19)13-22(17)30-24(28)18(15)12-23(27)25-9-10-26(2)3/h4-8,11,13-14H,9-10,12H2,1-3H3,(H,25,27). The topological polar surface area (TPSA) is 75.7 Å². The summed E-state index contributed by atoms with van der Waals surface area (Å²) in [7, 11) is 3.88. The van der Waals surface area contributed by atoms with Crippen LogP contribution in [0, 0.1) is 6.92 Å². The van der Waals surface area contributed by atoms with Gasteiger partial charge in [0, 0.05) is 35.5 Å². The first-order valence-corrected chi connectivity index (χ1v) is 9.88. The van der Waals surface area contributed by atoms with Crippen LogP contribution in [0.5, 0.6) is 0 Å². The molecule has 0 aliphatic rings. The Morgan fingerprint density at radius 3 is 2.57 bits per heavy atom. The fraction of sp³-hybridized carbons (Fsp3) is 0.250. The Kier molecular flexibility index (Phi) is 5.42. The molecule has 0 aliphatic heterocycles. The van der Waals surface area contributed by atoms with E-state index in [1.807, 2.05) is 62.3 Å². The highest BCUT2D eigenvalue weighted by Gasteiger charge is 2.17. The van der Waals surface area contributed by atoms with E-state index in [9.17, 15) is 9.59 Å². The molecule has 0 radical (unpaired) electrons. The van der Waals surface area contributed by atoms with Gasteiger partial charge in [-0.2, -0.15) is 0 Å². The number of furan rings is 1. The van der Waals surface area contributed by atoms with E-state index < -0.39 is 5.63 Å². The molecule has 4 aromatic rings. The van der Waals surface area contributed by atoms with Gasteiger partial charge >= 0.3 is 5.63 Å². The van der Waals surface area contributed by atoms with Gasteiger partial charge in [-0.3, -0.25) is 4.79 Å². The van der Waals surface area contributed by atoms with Crippen molar-refractivity contribution in [2.24, 2.45) is 0 Å². The number of likely N-dealkylation sites (N-methyl/N-ethyl adjacent to an activating group) is 1. The second-order valence-electron chi connectivity index (χ2n) is 7.68. The molecule has 2 aromatic carbocycles. The number of benzene rings is 2. The number of hydrogen-bond donors (Lipinski definition) is 1. The SMILES string of the molecule is Cc1c(CC(=O)NCCN(C)C)c(=O)oc2cc3occ(-c4ccccc4)c3cc12. The van der Waals surface area contributed by atoms with Gasteiger partial charge in [-0.05, 0) is 38.2 Å². The molecule has 0 saturated heterocycles. The van der Waals surface area contributed by atoms with E-state index >= 15 is 0 Å². The second-order valence-corrected chi connectivity index (χ2v) is 7.68. The summed E-state index contributed by atoms with van der Waals surface area (Å²) in [4.78, 5) is 26.9. The molecule has 0 spiro atoms. The monoisotopic (exact) mass is 404 g/mol. The van der Waals surface area contributed by atoms with E-state index in [0.717, 1.165) is 34.0 Å². The van der Waals surface area contributed by atoms with Crippen molar-refractivity contribution in [1.29, 1.82) is 0 Å². The highest BCUT2D eigenvalue weighted by Crippen LogP contribution is 2.34. The molecule has 0 bridgehead atoms. The normalized spacial score (nSPS) is 11.5. The van der Waals surface area contributed by atoms with Gasteiger partial charge in [-0.25, -0.2) is 4.79 Å². The zero-order valence-corrected chi connectivity index (χ0v) is 17.3. The molecule has 0 saturated carbocycles. The summed E-state index contributed by atoms with van der Waals surface area (Å²) in [6.45, 7) is 3.12. The number of nitrogens with one attached hydrogen (secondary N) is 1. The van der Waals surface area contributed by atoms with Gasteiger partial charge in [0.15, 0.2) is 0 Å². The van der Waals surface area contributed by atoms with Crippen LogP contribution in [-0.4, -0.2) is 38.0 Å². The third-order valence-electron chi connectivity index (χ3n) is 5.28. The number of hydrogen-bond acceptors (Lipinski definition) is 5. The van der Waals surface area contributed by atoms with Crippen LogP contribution < -0.4 is 10.9 Å². The van der Waals surface area contributed by atoms with Crippen LogP contribution in [-0.2, 0) is 11.2 Å². The lowest BCUT2D eigenvalue weighted by Gasteiger charge is -2.11. The van der Waals surface area contributed by atoms with Crippen molar-refractivity contribution < 1.29 is 13.6 Å². The first-order valence-electron chi connectivity index (χ1n) is 9.88. The first kappa shape index (κ1) is 19.9. The van der Waals surface area contributed by atoms with Crippen LogP contribution in [0.25, 0.3) is 33.1 Å². The van der Waals surface area contributed by atoms with Crippen molar-refractivity contribution in [2.75, 3.05) is 27.2 Å². The molecular weight excluding hydrogens is 380 g/mol. The van der Waals surface area contributed by atoms with Crippen molar-refractivity contribution in [3.05, 3.63) is 70.3 Å². The summed E-state index contributed by atoms with van der Waals surface area (Å²) in [6, 6.07) is 13.7. The minimum Gasteiger partial charge on any atom is -0.464 e. The van der Waals surface area contributed by atoms with Gasteiger partial charge in [0.1, 0.15) is 11.2 Å². The first-order chi connectivity index (χ1) is 14.4. The molecular formula is C24H24N2O4. The maximum atomic E-state index is 12.5. The van der Waals surface area contributed by atoms with Crippen LogP contribution in [0.3, 0.4) is 0 Å². The molecule has 154 valence electrons. The van der Waals surface area contributed by atoms with E-state index in [1.165, 1.54) is 0 Å². The fourth-order valence-corrected chi connectivity index (χ4v) is 3.60. The molecule has 0 atom stereocenters. The largest absolute Gasteiger partial charge is 0.464 e. The molecule has 1 N–H and O–H groups in total. The lowest BCUT2D eigenvalue weighted by atomic mass is 9.99. The average Bonchev–Trinajstić information content (AvgIpc) is 3.13. The highest BCUT2D eigenvalue weighted by molar-refractivity contribution is 6.02. The van der Waals surface area contributed by atoms with Crippen LogP contribution >= 0.6 is 0 Å². The van der Waals surface area contributed by atoms with Crippen molar-refractivity contribution in [1.82, 2.24) is 10.2 Å². The van der Waals surface area contributed by atoms with Gasteiger partial charge in [0.2, 0.25) is 5.91 Å². The maximum absolute atomic E-state index is 12.5. The maximum Gasteiger partial charge on any atom is 0.340 e. The Balaban J connectivity index is 1.74. The molecule has 30 heavy (non-hydrogen) atoms. The van der Waals surface area contributed by atoms with Gasteiger partial charge < -0.3 is 19.1 Å². The highest BCUT2D eigenvalue weighted by atomic mass is 16.4. The number of fused-ring (bicyclic) bond motifs is 2. The molecule has 0 fully saturated rings. The minimum absolute atomic E-state index is 0.00744. The molecule has 4 rings (SSSR count). The van der Waals surface area contributed by atoms with Crippen LogP contribution in [0.2, 0.25) is 0 Å². The number of amides is 1.